The Kier molecular flexibility index (Phi) is 6.67. The third kappa shape index (κ3) is 4.80. The van der Waals surface area contributed by atoms with E-state index in [9.17, 15) is 13.6 Å². The van der Waals surface area contributed by atoms with Crippen LogP contribution in [-0.4, -0.2) is 34.0 Å². The SMILES string of the molecule is NC(=O)N(C1c2c(cccc2-c2ccccc2)C=C(c2cncc(N)c2)N1Cc1ccccn1)S(=O)O. The zero-order valence-corrected chi connectivity index (χ0v) is 20.5. The number of carbonyl (C=O) groups excluding carboxylic acids is 1. The van der Waals surface area contributed by atoms with Gasteiger partial charge >= 0.3 is 6.03 Å². The number of amides is 2. The summed E-state index contributed by atoms with van der Waals surface area (Å²) in [7, 11) is 0. The number of pyridine rings is 2. The molecule has 0 radical (unpaired) electrons. The largest absolute Gasteiger partial charge is 0.397 e. The molecule has 2 amide bonds. The van der Waals surface area contributed by atoms with Gasteiger partial charge in [0.15, 0.2) is 0 Å². The molecule has 2 aromatic carbocycles. The van der Waals surface area contributed by atoms with Gasteiger partial charge in [0.2, 0.25) is 0 Å². The summed E-state index contributed by atoms with van der Waals surface area (Å²) in [6, 6.07) is 21.6. The van der Waals surface area contributed by atoms with Crippen LogP contribution in [0.15, 0.2) is 91.4 Å². The zero-order chi connectivity index (χ0) is 25.9. The van der Waals surface area contributed by atoms with E-state index in [1.165, 1.54) is 6.20 Å². The highest BCUT2D eigenvalue weighted by Gasteiger charge is 2.40. The lowest BCUT2D eigenvalue weighted by Gasteiger charge is -2.43. The molecule has 0 aliphatic carbocycles. The summed E-state index contributed by atoms with van der Waals surface area (Å²) in [5, 5.41) is 0. The van der Waals surface area contributed by atoms with E-state index in [1.807, 2.05) is 71.6 Å². The van der Waals surface area contributed by atoms with Crippen molar-refractivity contribution in [2.45, 2.75) is 12.7 Å². The summed E-state index contributed by atoms with van der Waals surface area (Å²) in [5.74, 6) is 0. The highest BCUT2D eigenvalue weighted by Crippen LogP contribution is 2.45. The van der Waals surface area contributed by atoms with E-state index in [2.05, 4.69) is 9.97 Å². The van der Waals surface area contributed by atoms with Crippen molar-refractivity contribution in [3.8, 4) is 11.1 Å². The molecule has 5 N–H and O–H groups in total. The molecule has 0 saturated heterocycles. The lowest BCUT2D eigenvalue weighted by atomic mass is 9.88. The van der Waals surface area contributed by atoms with E-state index in [0.29, 0.717) is 28.2 Å². The van der Waals surface area contributed by atoms with E-state index >= 15 is 0 Å². The van der Waals surface area contributed by atoms with Crippen molar-refractivity contribution >= 4 is 34.8 Å². The molecule has 186 valence electrons. The topological polar surface area (TPSA) is 139 Å². The number of rotatable bonds is 6. The van der Waals surface area contributed by atoms with E-state index < -0.39 is 23.5 Å². The summed E-state index contributed by atoms with van der Waals surface area (Å²) in [6.45, 7) is 0.204. The Labute approximate surface area is 216 Å². The summed E-state index contributed by atoms with van der Waals surface area (Å²) < 4.78 is 23.7. The molecule has 1 aliphatic rings. The van der Waals surface area contributed by atoms with E-state index in [-0.39, 0.29) is 6.54 Å². The fourth-order valence-corrected chi connectivity index (χ4v) is 5.14. The van der Waals surface area contributed by atoms with Gasteiger partial charge < -0.3 is 16.4 Å². The van der Waals surface area contributed by atoms with Crippen molar-refractivity contribution < 1.29 is 13.6 Å². The molecule has 0 saturated carbocycles. The monoisotopic (exact) mass is 512 g/mol. The van der Waals surface area contributed by atoms with Gasteiger partial charge in [-0.1, -0.05) is 54.6 Å². The molecular weight excluding hydrogens is 488 g/mol. The zero-order valence-electron chi connectivity index (χ0n) is 19.6. The molecule has 5 rings (SSSR count). The Bertz CT molecular complexity index is 1480. The van der Waals surface area contributed by atoms with Gasteiger partial charge in [0.1, 0.15) is 6.17 Å². The molecule has 0 spiro atoms. The number of fused-ring (bicyclic) bond motifs is 1. The number of nitrogen functional groups attached to an aromatic ring is 1. The lowest BCUT2D eigenvalue weighted by Crippen LogP contribution is -2.48. The number of nitrogens with two attached hydrogens (primary N) is 2. The molecule has 37 heavy (non-hydrogen) atoms. The van der Waals surface area contributed by atoms with Gasteiger partial charge in [-0.25, -0.2) is 9.00 Å². The molecule has 9 nitrogen and oxygen atoms in total. The third-order valence-electron chi connectivity index (χ3n) is 6.10. The van der Waals surface area contributed by atoms with Crippen molar-refractivity contribution in [1.82, 2.24) is 19.2 Å². The van der Waals surface area contributed by atoms with Gasteiger partial charge in [0.25, 0.3) is 11.3 Å². The molecule has 0 bridgehead atoms. The standard InChI is InChI=1S/C27H24N6O3S/c28-21-13-20(15-30-16-21)24-14-19-9-6-11-23(18-7-2-1-3-8-18)25(19)26(33(27(29)34)37(35)36)32(24)17-22-10-4-5-12-31-22/h1-16,26H,17,28H2,(H2,29,34)(H,35,36). The molecular formula is C27H24N6O3S. The minimum Gasteiger partial charge on any atom is -0.397 e. The van der Waals surface area contributed by atoms with Crippen LogP contribution in [-0.2, 0) is 17.8 Å². The van der Waals surface area contributed by atoms with E-state index in [1.54, 1.807) is 24.5 Å². The summed E-state index contributed by atoms with van der Waals surface area (Å²) in [4.78, 5) is 23.2. The molecule has 10 heteroatoms. The van der Waals surface area contributed by atoms with Crippen molar-refractivity contribution in [2.75, 3.05) is 5.73 Å². The predicted octanol–water partition coefficient (Wildman–Crippen LogP) is 4.26. The first kappa shape index (κ1) is 24.2. The lowest BCUT2D eigenvalue weighted by molar-refractivity contribution is 0.157. The minimum absolute atomic E-state index is 0.204. The maximum Gasteiger partial charge on any atom is 0.330 e. The molecule has 0 fully saturated rings. The first-order valence-electron chi connectivity index (χ1n) is 11.4. The number of carbonyl (C=O) groups is 1. The van der Waals surface area contributed by atoms with Gasteiger partial charge in [-0.2, -0.15) is 4.31 Å². The van der Waals surface area contributed by atoms with Gasteiger partial charge in [-0.05, 0) is 41.0 Å². The Morgan fingerprint density at radius 3 is 2.49 bits per heavy atom. The Morgan fingerprint density at radius 2 is 1.81 bits per heavy atom. The number of benzene rings is 2. The van der Waals surface area contributed by atoms with Crippen LogP contribution in [0, 0.1) is 0 Å². The van der Waals surface area contributed by atoms with Crippen LogP contribution in [0.25, 0.3) is 22.9 Å². The van der Waals surface area contributed by atoms with E-state index in [4.69, 9.17) is 11.5 Å². The number of urea groups is 1. The average Bonchev–Trinajstić information content (AvgIpc) is 2.90. The molecule has 1 aliphatic heterocycles. The van der Waals surface area contributed by atoms with Crippen molar-refractivity contribution in [1.29, 1.82) is 0 Å². The predicted molar refractivity (Wildman–Crippen MR) is 143 cm³/mol. The number of primary amides is 1. The van der Waals surface area contributed by atoms with Crippen LogP contribution >= 0.6 is 0 Å². The van der Waals surface area contributed by atoms with Crippen LogP contribution in [0.3, 0.4) is 0 Å². The van der Waals surface area contributed by atoms with Crippen LogP contribution in [0.1, 0.15) is 28.6 Å². The molecule has 2 unspecified atom stereocenters. The second-order valence-electron chi connectivity index (χ2n) is 8.43. The van der Waals surface area contributed by atoms with Gasteiger partial charge in [0.05, 0.1) is 17.9 Å². The summed E-state index contributed by atoms with van der Waals surface area (Å²) >= 11 is -2.73. The van der Waals surface area contributed by atoms with Crippen LogP contribution in [0.2, 0.25) is 0 Å². The van der Waals surface area contributed by atoms with Crippen LogP contribution in [0.5, 0.6) is 0 Å². The maximum absolute atomic E-state index is 12.7. The third-order valence-corrected chi connectivity index (χ3v) is 6.82. The van der Waals surface area contributed by atoms with Gasteiger partial charge in [-0.15, -0.1) is 0 Å². The minimum atomic E-state index is -2.73. The molecule has 2 atom stereocenters. The molecule has 2 aromatic heterocycles. The summed E-state index contributed by atoms with van der Waals surface area (Å²) in [5.41, 5.74) is 17.3. The highest BCUT2D eigenvalue weighted by atomic mass is 32.2. The second kappa shape index (κ2) is 10.2. The molecule has 4 aromatic rings. The van der Waals surface area contributed by atoms with Crippen LogP contribution < -0.4 is 11.5 Å². The quantitative estimate of drug-likeness (QED) is 0.328. The highest BCUT2D eigenvalue weighted by molar-refractivity contribution is 7.77. The smallest absolute Gasteiger partial charge is 0.330 e. The number of hydrogen-bond donors (Lipinski definition) is 3. The van der Waals surface area contributed by atoms with Crippen LogP contribution in [0.4, 0.5) is 10.5 Å². The van der Waals surface area contributed by atoms with Crippen molar-refractivity contribution in [2.24, 2.45) is 5.73 Å². The average molecular weight is 513 g/mol. The maximum atomic E-state index is 12.7. The second-order valence-corrected chi connectivity index (χ2v) is 9.28. The van der Waals surface area contributed by atoms with Gasteiger partial charge in [-0.3, -0.25) is 14.5 Å². The summed E-state index contributed by atoms with van der Waals surface area (Å²) in [6.07, 6.45) is 5.77. The normalized spacial score (nSPS) is 15.4. The number of anilines is 1. The number of hydrogen-bond acceptors (Lipinski definition) is 6. The van der Waals surface area contributed by atoms with Crippen molar-refractivity contribution in [3.63, 3.8) is 0 Å². The number of nitrogens with zero attached hydrogens (tertiary/aromatic N) is 4. The Morgan fingerprint density at radius 1 is 1.03 bits per heavy atom. The fourth-order valence-electron chi connectivity index (χ4n) is 4.60. The van der Waals surface area contributed by atoms with Crippen molar-refractivity contribution in [3.05, 3.63) is 114 Å². The Balaban J connectivity index is 1.82. The molecule has 3 heterocycles. The van der Waals surface area contributed by atoms with E-state index in [0.717, 1.165) is 21.0 Å². The van der Waals surface area contributed by atoms with Gasteiger partial charge in [0, 0.05) is 35.4 Å². The fraction of sp³-hybridized carbons (Fsp3) is 0.0741. The number of aromatic nitrogens is 2. The first-order valence-corrected chi connectivity index (χ1v) is 12.5. The Hall–Kier alpha value is -4.54. The first-order chi connectivity index (χ1) is 17.9.